The van der Waals surface area contributed by atoms with E-state index >= 15 is 0 Å². The van der Waals surface area contributed by atoms with Gasteiger partial charge in [0.05, 0.1) is 6.04 Å². The zero-order valence-corrected chi connectivity index (χ0v) is 13.2. The molecule has 0 aromatic heterocycles. The minimum atomic E-state index is -0.0764. The van der Waals surface area contributed by atoms with E-state index in [4.69, 9.17) is 0 Å². The first kappa shape index (κ1) is 14.8. The summed E-state index contributed by atoms with van der Waals surface area (Å²) in [6.45, 7) is 5.54. The molecular formula is C16H27N3O2. The summed E-state index contributed by atoms with van der Waals surface area (Å²) in [5.41, 5.74) is 0. The molecule has 1 N–H and O–H groups in total. The van der Waals surface area contributed by atoms with Crippen LogP contribution in [0.4, 0.5) is 0 Å². The van der Waals surface area contributed by atoms with Crippen molar-refractivity contribution in [3.63, 3.8) is 0 Å². The third-order valence-corrected chi connectivity index (χ3v) is 5.29. The Bertz CT molecular complexity index is 422. The highest BCUT2D eigenvalue weighted by molar-refractivity contribution is 5.82. The van der Waals surface area contributed by atoms with Gasteiger partial charge in [-0.3, -0.25) is 14.5 Å². The van der Waals surface area contributed by atoms with Gasteiger partial charge in [-0.05, 0) is 52.0 Å². The third kappa shape index (κ3) is 3.07. The average molecular weight is 293 g/mol. The molecule has 1 saturated carbocycles. The van der Waals surface area contributed by atoms with Gasteiger partial charge in [0, 0.05) is 31.6 Å². The predicted octanol–water partition coefficient (Wildman–Crippen LogP) is 1.13. The van der Waals surface area contributed by atoms with Crippen molar-refractivity contribution in [3.05, 3.63) is 0 Å². The molecule has 0 aromatic carbocycles. The van der Waals surface area contributed by atoms with Gasteiger partial charge in [0.25, 0.3) is 0 Å². The van der Waals surface area contributed by atoms with Crippen LogP contribution in [0.15, 0.2) is 0 Å². The van der Waals surface area contributed by atoms with Gasteiger partial charge < -0.3 is 10.2 Å². The van der Waals surface area contributed by atoms with Crippen LogP contribution in [0, 0.1) is 0 Å². The van der Waals surface area contributed by atoms with Gasteiger partial charge in [0.2, 0.25) is 11.8 Å². The number of amides is 2. The van der Waals surface area contributed by atoms with Crippen LogP contribution in [0.25, 0.3) is 0 Å². The highest BCUT2D eigenvalue weighted by atomic mass is 16.2. The number of rotatable bonds is 4. The first-order valence-corrected chi connectivity index (χ1v) is 8.41. The Hall–Kier alpha value is -1.10. The van der Waals surface area contributed by atoms with Crippen LogP contribution in [0.2, 0.25) is 0 Å². The van der Waals surface area contributed by atoms with Crippen molar-refractivity contribution in [3.8, 4) is 0 Å². The summed E-state index contributed by atoms with van der Waals surface area (Å²) in [6.07, 6.45) is 6.67. The van der Waals surface area contributed by atoms with Crippen molar-refractivity contribution in [1.82, 2.24) is 15.1 Å². The lowest BCUT2D eigenvalue weighted by atomic mass is 10.0. The topological polar surface area (TPSA) is 52.7 Å². The Balaban J connectivity index is 1.66. The van der Waals surface area contributed by atoms with Crippen LogP contribution in [0.5, 0.6) is 0 Å². The zero-order chi connectivity index (χ0) is 15.0. The van der Waals surface area contributed by atoms with Gasteiger partial charge in [-0.1, -0.05) is 0 Å². The van der Waals surface area contributed by atoms with Crippen LogP contribution in [0.1, 0.15) is 52.4 Å². The second kappa shape index (κ2) is 5.95. The van der Waals surface area contributed by atoms with Crippen molar-refractivity contribution in [2.24, 2.45) is 0 Å². The monoisotopic (exact) mass is 293 g/mol. The Labute approximate surface area is 127 Å². The van der Waals surface area contributed by atoms with E-state index in [9.17, 15) is 9.59 Å². The first-order chi connectivity index (χ1) is 10.1. The second-order valence-corrected chi connectivity index (χ2v) is 6.83. The molecule has 2 amide bonds. The molecule has 3 unspecified atom stereocenters. The fourth-order valence-corrected chi connectivity index (χ4v) is 3.99. The maximum Gasteiger partial charge on any atom is 0.237 e. The van der Waals surface area contributed by atoms with E-state index in [1.54, 1.807) is 6.92 Å². The third-order valence-electron chi connectivity index (χ3n) is 5.29. The van der Waals surface area contributed by atoms with Crippen LogP contribution in [-0.2, 0) is 9.59 Å². The second-order valence-electron chi connectivity index (χ2n) is 6.83. The van der Waals surface area contributed by atoms with E-state index in [1.807, 2.05) is 11.8 Å². The summed E-state index contributed by atoms with van der Waals surface area (Å²) in [7, 11) is 0. The quantitative estimate of drug-likeness (QED) is 0.845. The van der Waals surface area contributed by atoms with Crippen LogP contribution < -0.4 is 5.32 Å². The molecule has 3 atom stereocenters. The number of carbonyl (C=O) groups is 2. The molecule has 0 radical (unpaired) electrons. The number of likely N-dealkylation sites (tertiary alicyclic amines) is 2. The molecule has 0 bridgehead atoms. The number of hydrogen-bond acceptors (Lipinski definition) is 3. The molecular weight excluding hydrogens is 266 g/mol. The molecule has 3 rings (SSSR count). The van der Waals surface area contributed by atoms with Crippen molar-refractivity contribution in [2.45, 2.75) is 76.5 Å². The predicted molar refractivity (Wildman–Crippen MR) is 80.8 cm³/mol. The molecule has 3 aliphatic rings. The molecule has 0 aromatic rings. The Morgan fingerprint density at radius 3 is 2.38 bits per heavy atom. The molecule has 1 aliphatic carbocycles. The normalized spacial score (nSPS) is 31.4. The Morgan fingerprint density at radius 2 is 1.71 bits per heavy atom. The van der Waals surface area contributed by atoms with Crippen LogP contribution >= 0.6 is 0 Å². The summed E-state index contributed by atoms with van der Waals surface area (Å²) in [5, 5.41) is 3.11. The smallest absolute Gasteiger partial charge is 0.237 e. The maximum absolute atomic E-state index is 12.3. The lowest BCUT2D eigenvalue weighted by molar-refractivity contribution is -0.131. The molecule has 21 heavy (non-hydrogen) atoms. The lowest BCUT2D eigenvalue weighted by Gasteiger charge is -2.37. The van der Waals surface area contributed by atoms with Gasteiger partial charge in [-0.25, -0.2) is 0 Å². The number of nitrogens with zero attached hydrogens (tertiary/aromatic N) is 2. The van der Waals surface area contributed by atoms with Gasteiger partial charge in [0.1, 0.15) is 0 Å². The summed E-state index contributed by atoms with van der Waals surface area (Å²) in [5.74, 6) is 0.344. The van der Waals surface area contributed by atoms with E-state index in [-0.39, 0.29) is 17.9 Å². The summed E-state index contributed by atoms with van der Waals surface area (Å²) < 4.78 is 0. The molecule has 0 spiro atoms. The average Bonchev–Trinajstić information content (AvgIpc) is 2.96. The molecule has 5 heteroatoms. The highest BCUT2D eigenvalue weighted by Gasteiger charge is 2.42. The molecule has 3 fully saturated rings. The highest BCUT2D eigenvalue weighted by Crippen LogP contribution is 2.31. The fraction of sp³-hybridized carbons (Fsp3) is 0.875. The van der Waals surface area contributed by atoms with Gasteiger partial charge in [0.15, 0.2) is 0 Å². The van der Waals surface area contributed by atoms with E-state index in [2.05, 4.69) is 10.2 Å². The number of hydrogen-bond donors (Lipinski definition) is 1. The Kier molecular flexibility index (Phi) is 4.20. The summed E-state index contributed by atoms with van der Waals surface area (Å²) in [4.78, 5) is 28.5. The minimum absolute atomic E-state index is 0.0764. The van der Waals surface area contributed by atoms with Crippen LogP contribution in [0.3, 0.4) is 0 Å². The standard InChI is InChI=1S/C16H27N3O2/c1-11(16(21)17-13-7-8-13)18-9-3-5-14(18)15-6-4-10-19(15)12(2)20/h11,13-15H,3-10H2,1-2H3,(H,17,21). The van der Waals surface area contributed by atoms with Crippen molar-refractivity contribution < 1.29 is 9.59 Å². The molecule has 2 heterocycles. The van der Waals surface area contributed by atoms with E-state index in [1.165, 1.54) is 0 Å². The van der Waals surface area contributed by atoms with Crippen LogP contribution in [-0.4, -0.2) is 58.9 Å². The maximum atomic E-state index is 12.3. The molecule has 5 nitrogen and oxygen atoms in total. The van der Waals surface area contributed by atoms with E-state index in [0.717, 1.165) is 51.6 Å². The van der Waals surface area contributed by atoms with Crippen molar-refractivity contribution in [1.29, 1.82) is 0 Å². The van der Waals surface area contributed by atoms with E-state index in [0.29, 0.717) is 18.1 Å². The molecule has 2 aliphatic heterocycles. The lowest BCUT2D eigenvalue weighted by Crippen LogP contribution is -2.54. The number of carbonyl (C=O) groups excluding carboxylic acids is 2. The Morgan fingerprint density at radius 1 is 1.05 bits per heavy atom. The minimum Gasteiger partial charge on any atom is -0.352 e. The first-order valence-electron chi connectivity index (χ1n) is 8.41. The number of nitrogens with one attached hydrogen (secondary N) is 1. The van der Waals surface area contributed by atoms with Gasteiger partial charge >= 0.3 is 0 Å². The zero-order valence-electron chi connectivity index (χ0n) is 13.2. The van der Waals surface area contributed by atoms with Gasteiger partial charge in [-0.2, -0.15) is 0 Å². The largest absolute Gasteiger partial charge is 0.352 e. The summed E-state index contributed by atoms with van der Waals surface area (Å²) >= 11 is 0. The van der Waals surface area contributed by atoms with Crippen molar-refractivity contribution >= 4 is 11.8 Å². The van der Waals surface area contributed by atoms with Crippen molar-refractivity contribution in [2.75, 3.05) is 13.1 Å². The SMILES string of the molecule is CC(=O)N1CCCC1C1CCCN1C(C)C(=O)NC1CC1. The molecule has 118 valence electrons. The fourth-order valence-electron chi connectivity index (χ4n) is 3.99. The van der Waals surface area contributed by atoms with Gasteiger partial charge in [-0.15, -0.1) is 0 Å². The van der Waals surface area contributed by atoms with E-state index < -0.39 is 0 Å². The summed E-state index contributed by atoms with van der Waals surface area (Å²) in [6, 6.07) is 1.01. The molecule has 2 saturated heterocycles.